The van der Waals surface area contributed by atoms with E-state index >= 15 is 0 Å². The van der Waals surface area contributed by atoms with E-state index in [1.54, 1.807) is 19.5 Å². The van der Waals surface area contributed by atoms with Crippen LogP contribution in [0.25, 0.3) is 0 Å². The average molecular weight is 243 g/mol. The van der Waals surface area contributed by atoms with Crippen LogP contribution in [0.3, 0.4) is 0 Å². The number of pyridine rings is 2. The van der Waals surface area contributed by atoms with Crippen molar-refractivity contribution in [3.05, 3.63) is 54.1 Å². The molecule has 0 saturated carbocycles. The molecule has 1 N–H and O–H groups in total. The lowest BCUT2D eigenvalue weighted by atomic mass is 10.0. The monoisotopic (exact) mass is 243 g/mol. The highest BCUT2D eigenvalue weighted by Crippen LogP contribution is 2.24. The summed E-state index contributed by atoms with van der Waals surface area (Å²) >= 11 is 0. The number of methoxy groups -OCH3 is 1. The minimum Gasteiger partial charge on any atom is -0.495 e. The predicted molar refractivity (Wildman–Crippen MR) is 70.5 cm³/mol. The number of ether oxygens (including phenoxy) is 1. The van der Waals surface area contributed by atoms with E-state index in [4.69, 9.17) is 4.74 Å². The zero-order valence-corrected chi connectivity index (χ0v) is 10.6. The number of hydrogen-bond acceptors (Lipinski definition) is 4. The van der Waals surface area contributed by atoms with Crippen molar-refractivity contribution in [3.8, 4) is 5.75 Å². The third-order valence-corrected chi connectivity index (χ3v) is 2.86. The smallest absolute Gasteiger partial charge is 0.141 e. The van der Waals surface area contributed by atoms with E-state index < -0.39 is 0 Å². The molecule has 18 heavy (non-hydrogen) atoms. The molecule has 4 nitrogen and oxygen atoms in total. The van der Waals surface area contributed by atoms with Crippen LogP contribution in [0.15, 0.2) is 42.9 Å². The summed E-state index contributed by atoms with van der Waals surface area (Å²) in [5.41, 5.74) is 2.09. The topological polar surface area (TPSA) is 47.0 Å². The minimum absolute atomic E-state index is 0.116. The molecular formula is C14H17N3O. The summed E-state index contributed by atoms with van der Waals surface area (Å²) in [7, 11) is 3.59. The van der Waals surface area contributed by atoms with Gasteiger partial charge in [-0.3, -0.25) is 9.97 Å². The Balaban J connectivity index is 2.23. The number of hydrogen-bond donors (Lipinski definition) is 1. The number of nitrogens with one attached hydrogen (secondary N) is 1. The number of likely N-dealkylation sites (N-methyl/N-ethyl adjacent to an activating group) is 1. The second kappa shape index (κ2) is 6.12. The third kappa shape index (κ3) is 2.84. The molecule has 2 rings (SSSR count). The summed E-state index contributed by atoms with van der Waals surface area (Å²) in [5, 5.41) is 3.27. The standard InChI is InChI=1S/C14H17N3O/c1-15-12(9-11-5-3-7-16-10-11)14-13(18-2)6-4-8-17-14/h3-8,10,12,15H,9H2,1-2H3. The number of rotatable bonds is 5. The van der Waals surface area contributed by atoms with Crippen molar-refractivity contribution in [2.45, 2.75) is 12.5 Å². The maximum Gasteiger partial charge on any atom is 0.141 e. The van der Waals surface area contributed by atoms with Crippen LogP contribution in [0, 0.1) is 0 Å². The molecule has 0 fully saturated rings. The minimum atomic E-state index is 0.116. The van der Waals surface area contributed by atoms with Gasteiger partial charge in [-0.2, -0.15) is 0 Å². The van der Waals surface area contributed by atoms with Crippen LogP contribution in [0.5, 0.6) is 5.75 Å². The van der Waals surface area contributed by atoms with Crippen LogP contribution in [-0.2, 0) is 6.42 Å². The first kappa shape index (κ1) is 12.5. The van der Waals surface area contributed by atoms with Crippen molar-refractivity contribution >= 4 is 0 Å². The van der Waals surface area contributed by atoms with Crippen LogP contribution in [-0.4, -0.2) is 24.1 Å². The van der Waals surface area contributed by atoms with Gasteiger partial charge in [0.25, 0.3) is 0 Å². The van der Waals surface area contributed by atoms with Gasteiger partial charge in [0.1, 0.15) is 5.75 Å². The van der Waals surface area contributed by atoms with Crippen LogP contribution >= 0.6 is 0 Å². The molecule has 0 bridgehead atoms. The van der Waals surface area contributed by atoms with Crippen molar-refractivity contribution in [3.63, 3.8) is 0 Å². The van der Waals surface area contributed by atoms with Crippen LogP contribution in [0.1, 0.15) is 17.3 Å². The molecule has 1 atom stereocenters. The van der Waals surface area contributed by atoms with Gasteiger partial charge < -0.3 is 10.1 Å². The SMILES string of the molecule is CNC(Cc1cccnc1)c1ncccc1OC. The Bertz CT molecular complexity index is 487. The Hall–Kier alpha value is -1.94. The predicted octanol–water partition coefficient (Wildman–Crippen LogP) is 1.99. The maximum absolute atomic E-state index is 5.35. The van der Waals surface area contributed by atoms with Gasteiger partial charge in [0.15, 0.2) is 0 Å². The van der Waals surface area contributed by atoms with Crippen molar-refractivity contribution in [1.29, 1.82) is 0 Å². The Morgan fingerprint density at radius 1 is 1.28 bits per heavy atom. The first-order valence-electron chi connectivity index (χ1n) is 5.90. The van der Waals surface area contributed by atoms with E-state index in [2.05, 4.69) is 21.4 Å². The Morgan fingerprint density at radius 3 is 2.78 bits per heavy atom. The summed E-state index contributed by atoms with van der Waals surface area (Å²) in [4.78, 5) is 8.54. The van der Waals surface area contributed by atoms with Gasteiger partial charge in [-0.05, 0) is 37.2 Å². The van der Waals surface area contributed by atoms with Gasteiger partial charge >= 0.3 is 0 Å². The molecule has 0 aliphatic rings. The van der Waals surface area contributed by atoms with Crippen LogP contribution in [0.4, 0.5) is 0 Å². The second-order valence-corrected chi connectivity index (χ2v) is 4.00. The van der Waals surface area contributed by atoms with Crippen LogP contribution in [0.2, 0.25) is 0 Å². The highest BCUT2D eigenvalue weighted by molar-refractivity contribution is 5.30. The lowest BCUT2D eigenvalue weighted by Crippen LogP contribution is -2.20. The fraction of sp³-hybridized carbons (Fsp3) is 0.286. The summed E-state index contributed by atoms with van der Waals surface area (Å²) in [6.07, 6.45) is 6.27. The molecule has 0 aliphatic heterocycles. The van der Waals surface area contributed by atoms with Gasteiger partial charge in [-0.15, -0.1) is 0 Å². The van der Waals surface area contributed by atoms with Gasteiger partial charge in [0.2, 0.25) is 0 Å². The molecule has 4 heteroatoms. The van der Waals surface area contributed by atoms with Gasteiger partial charge in [0, 0.05) is 18.6 Å². The van der Waals surface area contributed by atoms with E-state index in [0.29, 0.717) is 0 Å². The molecule has 2 heterocycles. The molecule has 0 amide bonds. The summed E-state index contributed by atoms with van der Waals surface area (Å²) < 4.78 is 5.35. The van der Waals surface area contributed by atoms with E-state index in [0.717, 1.165) is 17.9 Å². The van der Waals surface area contributed by atoms with Gasteiger partial charge in [0.05, 0.1) is 18.8 Å². The zero-order chi connectivity index (χ0) is 12.8. The number of aromatic nitrogens is 2. The molecule has 2 aromatic heterocycles. The number of nitrogens with zero attached hydrogens (tertiary/aromatic N) is 2. The van der Waals surface area contributed by atoms with Crippen molar-refractivity contribution in [2.24, 2.45) is 0 Å². The molecule has 0 aliphatic carbocycles. The summed E-state index contributed by atoms with van der Waals surface area (Å²) in [5.74, 6) is 0.806. The second-order valence-electron chi connectivity index (χ2n) is 4.00. The maximum atomic E-state index is 5.35. The van der Waals surface area contributed by atoms with E-state index in [-0.39, 0.29) is 6.04 Å². The van der Waals surface area contributed by atoms with Crippen molar-refractivity contribution in [2.75, 3.05) is 14.2 Å². The van der Waals surface area contributed by atoms with Crippen LogP contribution < -0.4 is 10.1 Å². The largest absolute Gasteiger partial charge is 0.495 e. The first-order valence-corrected chi connectivity index (χ1v) is 5.90. The summed E-state index contributed by atoms with van der Waals surface area (Å²) in [6.45, 7) is 0. The molecule has 0 saturated heterocycles. The van der Waals surface area contributed by atoms with Crippen molar-refractivity contribution < 1.29 is 4.74 Å². The third-order valence-electron chi connectivity index (χ3n) is 2.86. The molecule has 0 aromatic carbocycles. The molecular weight excluding hydrogens is 226 g/mol. The lowest BCUT2D eigenvalue weighted by molar-refractivity contribution is 0.396. The van der Waals surface area contributed by atoms with Gasteiger partial charge in [-0.1, -0.05) is 6.07 Å². The Labute approximate surface area is 107 Å². The summed E-state index contributed by atoms with van der Waals surface area (Å²) in [6, 6.07) is 7.92. The lowest BCUT2D eigenvalue weighted by Gasteiger charge is -2.17. The highest BCUT2D eigenvalue weighted by Gasteiger charge is 2.16. The van der Waals surface area contributed by atoms with Gasteiger partial charge in [-0.25, -0.2) is 0 Å². The molecule has 0 spiro atoms. The van der Waals surface area contributed by atoms with Crippen molar-refractivity contribution in [1.82, 2.24) is 15.3 Å². The molecule has 0 radical (unpaired) electrons. The molecule has 94 valence electrons. The van der Waals surface area contributed by atoms with E-state index in [1.165, 1.54) is 5.56 Å². The fourth-order valence-corrected chi connectivity index (χ4v) is 1.93. The molecule has 2 aromatic rings. The first-order chi connectivity index (χ1) is 8.85. The highest BCUT2D eigenvalue weighted by atomic mass is 16.5. The van der Waals surface area contributed by atoms with E-state index in [1.807, 2.05) is 31.4 Å². The quantitative estimate of drug-likeness (QED) is 0.872. The zero-order valence-electron chi connectivity index (χ0n) is 10.6. The normalized spacial score (nSPS) is 12.1. The Morgan fingerprint density at radius 2 is 2.11 bits per heavy atom. The Kier molecular flexibility index (Phi) is 4.25. The fourth-order valence-electron chi connectivity index (χ4n) is 1.93. The average Bonchev–Trinajstić information content (AvgIpc) is 2.46. The van der Waals surface area contributed by atoms with E-state index in [9.17, 15) is 0 Å². The molecule has 1 unspecified atom stereocenters.